The highest BCUT2D eigenvalue weighted by Crippen LogP contribution is 2.33. The van der Waals surface area contributed by atoms with Crippen LogP contribution in [-0.4, -0.2) is 23.9 Å². The zero-order chi connectivity index (χ0) is 26.7. The molecule has 0 saturated carbocycles. The molecule has 0 bridgehead atoms. The Morgan fingerprint density at radius 1 is 1.00 bits per heavy atom. The van der Waals surface area contributed by atoms with E-state index in [9.17, 15) is 22.8 Å². The van der Waals surface area contributed by atoms with E-state index in [1.807, 2.05) is 31.2 Å². The molecule has 37 heavy (non-hydrogen) atoms. The predicted octanol–water partition coefficient (Wildman–Crippen LogP) is 4.55. The lowest BCUT2D eigenvalue weighted by molar-refractivity contribution is 0.317. The van der Waals surface area contributed by atoms with E-state index >= 15 is 0 Å². The quantitative estimate of drug-likeness (QED) is 0.212. The lowest BCUT2D eigenvalue weighted by atomic mass is 9.83. The Morgan fingerprint density at radius 2 is 1.62 bits per heavy atom. The van der Waals surface area contributed by atoms with Crippen molar-refractivity contribution in [3.8, 4) is 11.1 Å². The van der Waals surface area contributed by atoms with Gasteiger partial charge in [-0.1, -0.05) is 47.6 Å². The van der Waals surface area contributed by atoms with Gasteiger partial charge in [0.25, 0.3) is 0 Å². The Kier molecular flexibility index (Phi) is 7.37. The molecule has 0 aliphatic heterocycles. The average molecular weight is 520 g/mol. The summed E-state index contributed by atoms with van der Waals surface area (Å²) in [6.45, 7) is 1.83. The number of halogens is 1. The monoisotopic (exact) mass is 519 g/mol. The number of sulfonamides is 1. The lowest BCUT2D eigenvalue weighted by Crippen LogP contribution is -2.18. The van der Waals surface area contributed by atoms with Gasteiger partial charge in [0.2, 0.25) is 15.6 Å². The molecule has 0 aliphatic carbocycles. The van der Waals surface area contributed by atoms with Gasteiger partial charge in [-0.3, -0.25) is 4.79 Å². The number of aryl methyl sites for hydroxylation is 2. The first-order chi connectivity index (χ1) is 17.6. The topological polar surface area (TPSA) is 115 Å². The summed E-state index contributed by atoms with van der Waals surface area (Å²) in [6.07, 6.45) is 1.91. The maximum atomic E-state index is 13.9. The number of hydrogen-bond acceptors (Lipinski definition) is 5. The van der Waals surface area contributed by atoms with Crippen molar-refractivity contribution in [1.82, 2.24) is 4.57 Å². The van der Waals surface area contributed by atoms with Gasteiger partial charge in [0.1, 0.15) is 5.82 Å². The highest BCUT2D eigenvalue weighted by atomic mass is 32.2. The third-order valence-electron chi connectivity index (χ3n) is 6.37. The number of aromatic nitrogens is 1. The zero-order valence-electron chi connectivity index (χ0n) is 20.3. The van der Waals surface area contributed by atoms with Crippen LogP contribution in [0.3, 0.4) is 0 Å². The number of rotatable bonds is 7. The molecule has 0 saturated heterocycles. The Balaban J connectivity index is 1.72. The fourth-order valence-corrected chi connectivity index (χ4v) is 4.87. The first-order valence-electron chi connectivity index (χ1n) is 11.4. The van der Waals surface area contributed by atoms with Crippen molar-refractivity contribution >= 4 is 15.7 Å². The smallest absolute Gasteiger partial charge is 0.250 e. The van der Waals surface area contributed by atoms with E-state index in [4.69, 9.17) is 5.14 Å². The van der Waals surface area contributed by atoms with Crippen LogP contribution in [0.15, 0.2) is 99.9 Å². The molecule has 1 aromatic heterocycles. The normalized spacial score (nSPS) is 12.9. The van der Waals surface area contributed by atoms with Crippen molar-refractivity contribution in [3.05, 3.63) is 123 Å². The Morgan fingerprint density at radius 3 is 2.16 bits per heavy atom. The summed E-state index contributed by atoms with van der Waals surface area (Å²) < 4.78 is 38.4. The summed E-state index contributed by atoms with van der Waals surface area (Å²) in [6, 6.07) is 21.6. The molecule has 1 atom stereocenters. The molecule has 4 rings (SSSR count). The number of primary sulfonamides is 1. The summed E-state index contributed by atoms with van der Waals surface area (Å²) >= 11 is 0. The van der Waals surface area contributed by atoms with Crippen LogP contribution in [0.5, 0.6) is 0 Å². The van der Waals surface area contributed by atoms with E-state index in [0.717, 1.165) is 27.8 Å². The molecule has 7 nitrogen and oxygen atoms in total. The van der Waals surface area contributed by atoms with Gasteiger partial charge in [-0.15, -0.1) is 0 Å². The fraction of sp³-hybridized carbons (Fsp3) is 0.143. The van der Waals surface area contributed by atoms with Crippen LogP contribution >= 0.6 is 0 Å². The molecular weight excluding hydrogens is 493 g/mol. The van der Waals surface area contributed by atoms with Crippen molar-refractivity contribution in [2.24, 2.45) is 17.3 Å². The second-order valence-corrected chi connectivity index (χ2v) is 10.4. The maximum absolute atomic E-state index is 13.9. The molecule has 0 aliphatic rings. The molecule has 0 spiro atoms. The minimum absolute atomic E-state index is 0.0361. The Bertz CT molecular complexity index is 1630. The van der Waals surface area contributed by atoms with Crippen molar-refractivity contribution in [2.75, 3.05) is 0 Å². The van der Waals surface area contributed by atoms with E-state index in [-0.39, 0.29) is 22.2 Å². The maximum Gasteiger partial charge on any atom is 0.250 e. The van der Waals surface area contributed by atoms with Crippen LogP contribution in [0, 0.1) is 12.7 Å². The second kappa shape index (κ2) is 10.5. The van der Waals surface area contributed by atoms with Crippen LogP contribution < -0.4 is 10.7 Å². The molecule has 3 aromatic carbocycles. The van der Waals surface area contributed by atoms with Gasteiger partial charge in [-0.05, 0) is 65.1 Å². The number of nitrogens with two attached hydrogens (primary N) is 1. The number of hydrogen-bond donors (Lipinski definition) is 2. The minimum atomic E-state index is -3.78. The zero-order valence-corrected chi connectivity index (χ0v) is 21.1. The first-order valence-corrected chi connectivity index (χ1v) is 13.0. The van der Waals surface area contributed by atoms with E-state index in [2.05, 4.69) is 5.16 Å². The summed E-state index contributed by atoms with van der Waals surface area (Å²) in [4.78, 5) is 11.9. The lowest BCUT2D eigenvalue weighted by Gasteiger charge is -2.21. The summed E-state index contributed by atoms with van der Waals surface area (Å²) in [7, 11) is -2.16. The number of oxime groups is 1. The van der Waals surface area contributed by atoms with Crippen LogP contribution in [0.2, 0.25) is 0 Å². The third-order valence-corrected chi connectivity index (χ3v) is 7.30. The van der Waals surface area contributed by atoms with Crippen molar-refractivity contribution in [3.63, 3.8) is 0 Å². The molecule has 4 aromatic rings. The summed E-state index contributed by atoms with van der Waals surface area (Å²) in [5, 5.41) is 18.6. The Labute approximate surface area is 214 Å². The van der Waals surface area contributed by atoms with Crippen LogP contribution in [-0.2, 0) is 17.1 Å². The number of nitrogens with zero attached hydrogens (tertiary/aromatic N) is 2. The summed E-state index contributed by atoms with van der Waals surface area (Å²) in [5.74, 6) is -0.616. The van der Waals surface area contributed by atoms with Gasteiger partial charge < -0.3 is 9.77 Å². The standard InChI is InChI=1S/C28H26FN3O4S/c1-18-15-23(29)10-13-25(18)26(16-27(31-34)22-9-14-28(33)32(2)17-22)21-5-3-19(4-6-21)20-7-11-24(12-8-20)37(30,35)36/h3-15,17,26,34H,16H2,1-2H3,(H2,30,35,36)/b31-27+/t26-/m0/s1. The first kappa shape index (κ1) is 26.0. The number of pyridine rings is 1. The minimum Gasteiger partial charge on any atom is -0.411 e. The predicted molar refractivity (Wildman–Crippen MR) is 141 cm³/mol. The molecule has 3 N–H and O–H groups in total. The van der Waals surface area contributed by atoms with Gasteiger partial charge in [0, 0.05) is 37.2 Å². The molecule has 0 radical (unpaired) electrons. The van der Waals surface area contributed by atoms with Gasteiger partial charge in [0.15, 0.2) is 0 Å². The van der Waals surface area contributed by atoms with Gasteiger partial charge >= 0.3 is 0 Å². The highest BCUT2D eigenvalue weighted by Gasteiger charge is 2.21. The van der Waals surface area contributed by atoms with Crippen molar-refractivity contribution in [2.45, 2.75) is 24.2 Å². The van der Waals surface area contributed by atoms with Crippen LogP contribution in [0.4, 0.5) is 4.39 Å². The van der Waals surface area contributed by atoms with Crippen LogP contribution in [0.25, 0.3) is 11.1 Å². The van der Waals surface area contributed by atoms with Crippen molar-refractivity contribution in [1.29, 1.82) is 0 Å². The van der Waals surface area contributed by atoms with Gasteiger partial charge in [-0.2, -0.15) is 0 Å². The van der Waals surface area contributed by atoms with E-state index in [0.29, 0.717) is 17.7 Å². The second-order valence-electron chi connectivity index (χ2n) is 8.86. The summed E-state index contributed by atoms with van der Waals surface area (Å²) in [5.41, 5.74) is 5.02. The molecule has 190 valence electrons. The number of benzene rings is 3. The molecule has 0 unspecified atom stereocenters. The third kappa shape index (κ3) is 5.84. The largest absolute Gasteiger partial charge is 0.411 e. The SMILES string of the molecule is Cc1cc(F)ccc1[C@@H](C/C(=N\O)c1ccc(=O)n(C)c1)c1ccc(-c2ccc(S(N)(=O)=O)cc2)cc1. The van der Waals surface area contributed by atoms with Gasteiger partial charge in [-0.25, -0.2) is 17.9 Å². The van der Waals surface area contributed by atoms with E-state index in [1.54, 1.807) is 37.5 Å². The van der Waals surface area contributed by atoms with Gasteiger partial charge in [0.05, 0.1) is 10.6 Å². The van der Waals surface area contributed by atoms with Crippen LogP contribution in [0.1, 0.15) is 34.6 Å². The molecular formula is C28H26FN3O4S. The molecule has 1 heterocycles. The van der Waals surface area contributed by atoms with E-state index < -0.39 is 10.0 Å². The molecule has 0 fully saturated rings. The highest BCUT2D eigenvalue weighted by molar-refractivity contribution is 7.89. The molecule has 0 amide bonds. The average Bonchev–Trinajstić information content (AvgIpc) is 2.87. The Hall–Kier alpha value is -4.08. The van der Waals surface area contributed by atoms with Crippen molar-refractivity contribution < 1.29 is 18.0 Å². The van der Waals surface area contributed by atoms with E-state index in [1.165, 1.54) is 34.9 Å². The fourth-order valence-electron chi connectivity index (χ4n) is 4.36. The molecule has 9 heteroatoms.